The smallest absolute Gasteiger partial charge is 0.191 e. The number of hydrogen-bond acceptors (Lipinski definition) is 4. The molecule has 1 heterocycles. The first kappa shape index (κ1) is 25.3. The van der Waals surface area contributed by atoms with Crippen molar-refractivity contribution in [3.05, 3.63) is 52.0 Å². The van der Waals surface area contributed by atoms with Crippen LogP contribution < -0.4 is 10.6 Å². The van der Waals surface area contributed by atoms with E-state index in [9.17, 15) is 4.21 Å². The van der Waals surface area contributed by atoms with E-state index in [4.69, 9.17) is 4.98 Å². The van der Waals surface area contributed by atoms with Crippen LogP contribution in [0.5, 0.6) is 0 Å². The van der Waals surface area contributed by atoms with Crippen molar-refractivity contribution in [1.82, 2.24) is 15.6 Å². The summed E-state index contributed by atoms with van der Waals surface area (Å²) in [6, 6.07) is 10.9. The van der Waals surface area contributed by atoms with Gasteiger partial charge in [-0.3, -0.25) is 9.20 Å². The van der Waals surface area contributed by atoms with Gasteiger partial charge in [-0.1, -0.05) is 43.7 Å². The maximum atomic E-state index is 12.2. The largest absolute Gasteiger partial charge is 0.354 e. The lowest BCUT2D eigenvalue weighted by Crippen LogP contribution is -2.46. The van der Waals surface area contributed by atoms with Crippen LogP contribution in [0, 0.1) is 0 Å². The molecule has 1 aromatic carbocycles. The van der Waals surface area contributed by atoms with E-state index in [0.29, 0.717) is 17.8 Å². The Morgan fingerprint density at radius 3 is 2.80 bits per heavy atom. The van der Waals surface area contributed by atoms with Crippen LogP contribution in [-0.2, 0) is 30.2 Å². The fourth-order valence-corrected chi connectivity index (χ4v) is 5.90. The highest BCUT2D eigenvalue weighted by molar-refractivity contribution is 14.0. The Balaban J connectivity index is 0.00000320. The molecule has 3 rings (SSSR count). The highest BCUT2D eigenvalue weighted by Gasteiger charge is 2.26. The molecule has 3 atom stereocenters. The van der Waals surface area contributed by atoms with E-state index in [2.05, 4.69) is 45.3 Å². The van der Waals surface area contributed by atoms with Crippen LogP contribution in [0.1, 0.15) is 48.9 Å². The van der Waals surface area contributed by atoms with E-state index in [1.165, 1.54) is 10.6 Å². The third-order valence-corrected chi connectivity index (χ3v) is 8.05. The zero-order chi connectivity index (χ0) is 20.5. The molecular formula is C22H33IN4OS2. The molecule has 8 heteroatoms. The summed E-state index contributed by atoms with van der Waals surface area (Å²) in [6.45, 7) is 2.67. The topological polar surface area (TPSA) is 66.4 Å². The van der Waals surface area contributed by atoms with Gasteiger partial charge in [0.25, 0.3) is 0 Å². The van der Waals surface area contributed by atoms with Crippen molar-refractivity contribution in [3.63, 3.8) is 0 Å². The predicted molar refractivity (Wildman–Crippen MR) is 139 cm³/mol. The Labute approximate surface area is 204 Å². The van der Waals surface area contributed by atoms with Crippen molar-refractivity contribution in [1.29, 1.82) is 0 Å². The first-order valence-corrected chi connectivity index (χ1v) is 12.8. The molecule has 0 saturated heterocycles. The van der Waals surface area contributed by atoms with Crippen LogP contribution in [0.2, 0.25) is 0 Å². The lowest BCUT2D eigenvalue weighted by atomic mass is 9.95. The summed E-state index contributed by atoms with van der Waals surface area (Å²) in [5.41, 5.74) is 2.40. The lowest BCUT2D eigenvalue weighted by Gasteiger charge is -2.30. The summed E-state index contributed by atoms with van der Waals surface area (Å²) >= 11 is 1.72. The monoisotopic (exact) mass is 560 g/mol. The third kappa shape index (κ3) is 7.92. The number of nitrogens with zero attached hydrogens (tertiary/aromatic N) is 2. The Kier molecular flexibility index (Phi) is 11.3. The molecule has 5 nitrogen and oxygen atoms in total. The zero-order valence-corrected chi connectivity index (χ0v) is 21.8. The van der Waals surface area contributed by atoms with Gasteiger partial charge in [-0.2, -0.15) is 0 Å². The summed E-state index contributed by atoms with van der Waals surface area (Å²) in [7, 11) is 1.09. The summed E-state index contributed by atoms with van der Waals surface area (Å²) in [4.78, 5) is 9.12. The second-order valence-corrected chi connectivity index (χ2v) is 10.4. The van der Waals surface area contributed by atoms with Gasteiger partial charge in [-0.15, -0.1) is 35.3 Å². The Morgan fingerprint density at radius 2 is 2.07 bits per heavy atom. The number of aliphatic imine (C=N–C) groups is 1. The highest BCUT2D eigenvalue weighted by atomic mass is 127. The molecule has 0 amide bonds. The number of aromatic nitrogens is 1. The van der Waals surface area contributed by atoms with Gasteiger partial charge in [0.1, 0.15) is 0 Å². The lowest BCUT2D eigenvalue weighted by molar-refractivity contribution is 0.413. The molecule has 1 aliphatic carbocycles. The minimum Gasteiger partial charge on any atom is -0.354 e. The number of rotatable bonds is 8. The molecule has 1 saturated carbocycles. The van der Waals surface area contributed by atoms with Gasteiger partial charge in [0.2, 0.25) is 0 Å². The molecule has 2 aromatic rings. The molecule has 1 aliphatic rings. The summed E-state index contributed by atoms with van der Waals surface area (Å²) < 4.78 is 12.2. The van der Waals surface area contributed by atoms with Crippen LogP contribution in [-0.4, -0.2) is 39.2 Å². The van der Waals surface area contributed by atoms with Crippen LogP contribution in [0.4, 0.5) is 0 Å². The second-order valence-electron chi connectivity index (χ2n) is 7.44. The van der Waals surface area contributed by atoms with Crippen LogP contribution >= 0.6 is 35.3 Å². The van der Waals surface area contributed by atoms with Gasteiger partial charge in [-0.05, 0) is 31.2 Å². The average Bonchev–Trinajstić information content (AvgIpc) is 3.23. The molecule has 0 bridgehead atoms. The fraction of sp³-hybridized carbons (Fsp3) is 0.545. The first-order valence-electron chi connectivity index (χ1n) is 10.5. The number of aryl methyl sites for hydroxylation is 2. The van der Waals surface area contributed by atoms with Crippen molar-refractivity contribution in [2.75, 3.05) is 12.8 Å². The van der Waals surface area contributed by atoms with Gasteiger partial charge < -0.3 is 10.6 Å². The molecule has 1 fully saturated rings. The van der Waals surface area contributed by atoms with E-state index in [1.807, 2.05) is 13.0 Å². The Morgan fingerprint density at radius 1 is 1.27 bits per heavy atom. The zero-order valence-electron chi connectivity index (χ0n) is 17.8. The molecule has 1 aromatic heterocycles. The van der Waals surface area contributed by atoms with Crippen molar-refractivity contribution < 1.29 is 4.21 Å². The number of thiazole rings is 1. The van der Waals surface area contributed by atoms with Gasteiger partial charge in [0.05, 0.1) is 17.2 Å². The summed E-state index contributed by atoms with van der Waals surface area (Å²) in [6.07, 6.45) is 6.27. The maximum Gasteiger partial charge on any atom is 0.191 e. The van der Waals surface area contributed by atoms with E-state index < -0.39 is 10.8 Å². The molecular weight excluding hydrogens is 527 g/mol. The number of guanidine groups is 1. The molecule has 30 heavy (non-hydrogen) atoms. The second kappa shape index (κ2) is 13.4. The summed E-state index contributed by atoms with van der Waals surface area (Å²) in [5, 5.41) is 10.5. The fourth-order valence-electron chi connectivity index (χ4n) is 3.75. The number of hydrogen-bond donors (Lipinski definition) is 2. The number of nitrogens with one attached hydrogen (secondary N) is 2. The van der Waals surface area contributed by atoms with Crippen molar-refractivity contribution in [3.8, 4) is 0 Å². The standard InChI is InChI=1S/C22H32N4OS2.HI/c1-3-29(27)20-11-7-10-18(14-20)26-22(23-2)24-15-19-16-28-21(25-19)13-12-17-8-5-4-6-9-17;/h4-6,8-9,16,18,20H,3,7,10-15H2,1-2H3,(H2,23,24,26);1H. The number of benzene rings is 1. The molecule has 3 unspecified atom stereocenters. The minimum absolute atomic E-state index is 0. The average molecular weight is 561 g/mol. The predicted octanol–water partition coefficient (Wildman–Crippen LogP) is 4.29. The van der Waals surface area contributed by atoms with E-state index >= 15 is 0 Å². The maximum absolute atomic E-state index is 12.2. The molecule has 0 radical (unpaired) electrons. The van der Waals surface area contributed by atoms with Gasteiger partial charge in [0.15, 0.2) is 5.96 Å². The Bertz CT molecular complexity index is 812. The SMILES string of the molecule is CCS(=O)C1CCCC(NC(=NC)NCc2csc(CCc3ccccc3)n2)C1.I. The normalized spacial score (nSPS) is 20.3. The van der Waals surface area contributed by atoms with Crippen molar-refractivity contribution in [2.45, 2.75) is 63.3 Å². The van der Waals surface area contributed by atoms with Crippen molar-refractivity contribution in [2.24, 2.45) is 4.99 Å². The highest BCUT2D eigenvalue weighted by Crippen LogP contribution is 2.23. The quantitative estimate of drug-likeness (QED) is 0.287. The molecule has 0 spiro atoms. The summed E-state index contributed by atoms with van der Waals surface area (Å²) in [5.74, 6) is 1.55. The van der Waals surface area contributed by atoms with Gasteiger partial charge in [-0.25, -0.2) is 4.98 Å². The van der Waals surface area contributed by atoms with Crippen molar-refractivity contribution >= 4 is 52.1 Å². The van der Waals surface area contributed by atoms with E-state index in [1.54, 1.807) is 18.4 Å². The first-order chi connectivity index (χ1) is 14.2. The third-order valence-electron chi connectivity index (χ3n) is 5.35. The Hall–Kier alpha value is -1.000. The van der Waals surface area contributed by atoms with Crippen LogP contribution in [0.25, 0.3) is 0 Å². The van der Waals surface area contributed by atoms with Crippen LogP contribution in [0.3, 0.4) is 0 Å². The molecule has 166 valence electrons. The van der Waals surface area contributed by atoms with E-state index in [-0.39, 0.29) is 24.0 Å². The van der Waals surface area contributed by atoms with Gasteiger partial charge in [0, 0.05) is 46.7 Å². The molecule has 2 N–H and O–H groups in total. The molecule has 0 aliphatic heterocycles. The van der Waals surface area contributed by atoms with Gasteiger partial charge >= 0.3 is 0 Å². The number of halogens is 1. The van der Waals surface area contributed by atoms with E-state index in [0.717, 1.165) is 55.9 Å². The van der Waals surface area contributed by atoms with Crippen LogP contribution in [0.15, 0.2) is 40.7 Å². The minimum atomic E-state index is -0.707.